The average molecular weight is 488 g/mol. The maximum absolute atomic E-state index is 13.5. The summed E-state index contributed by atoms with van der Waals surface area (Å²) in [6.45, 7) is 0.640. The summed E-state index contributed by atoms with van der Waals surface area (Å²) in [6, 6.07) is 15.6. The number of ether oxygens (including phenoxy) is 1. The van der Waals surface area contributed by atoms with Crippen LogP contribution in [0.1, 0.15) is 16.1 Å². The summed E-state index contributed by atoms with van der Waals surface area (Å²) in [5.74, 6) is 1.57. The maximum Gasteiger partial charge on any atom is 0.277 e. The molecule has 0 radical (unpaired) electrons. The van der Waals surface area contributed by atoms with Crippen LogP contribution in [0.15, 0.2) is 48.5 Å². The van der Waals surface area contributed by atoms with Gasteiger partial charge in [-0.15, -0.1) is 5.10 Å². The topological polar surface area (TPSA) is 50.6 Å². The number of rotatable bonds is 4. The van der Waals surface area contributed by atoms with Crippen molar-refractivity contribution in [3.05, 3.63) is 63.4 Å². The van der Waals surface area contributed by atoms with E-state index < -0.39 is 0 Å². The molecule has 1 aromatic heterocycles. The third-order valence-corrected chi connectivity index (χ3v) is 5.59. The van der Waals surface area contributed by atoms with E-state index in [1.165, 1.54) is 0 Å². The van der Waals surface area contributed by atoms with Gasteiger partial charge in [-0.1, -0.05) is 0 Å². The number of aromatic nitrogens is 2. The van der Waals surface area contributed by atoms with Gasteiger partial charge in [0.15, 0.2) is 5.82 Å². The Hall–Kier alpha value is -2.55. The summed E-state index contributed by atoms with van der Waals surface area (Å²) >= 11 is 2.27. The Labute approximate surface area is 177 Å². The highest BCUT2D eigenvalue weighted by Crippen LogP contribution is 2.32. The zero-order valence-corrected chi connectivity index (χ0v) is 18.2. The fourth-order valence-electron chi connectivity index (χ4n) is 3.48. The Kier molecular flexibility index (Phi) is 5.01. The molecule has 1 amide bonds. The van der Waals surface area contributed by atoms with Crippen LogP contribution >= 0.6 is 22.6 Å². The molecule has 0 saturated carbocycles. The number of anilines is 2. The summed E-state index contributed by atoms with van der Waals surface area (Å²) in [6.07, 6.45) is 0.761. The number of amides is 1. The molecule has 0 fully saturated rings. The number of nitrogens with zero attached hydrogens (tertiary/aromatic N) is 4. The molecule has 4 rings (SSSR count). The molecule has 7 heteroatoms. The van der Waals surface area contributed by atoms with E-state index >= 15 is 0 Å². The fourth-order valence-corrected chi connectivity index (χ4v) is 3.84. The van der Waals surface area contributed by atoms with Gasteiger partial charge >= 0.3 is 0 Å². The SMILES string of the molecule is COc1ccc(-n2nc(N(C)C)c3c2C(=O)N(c2ccc(I)cc2)CC3)cc1. The van der Waals surface area contributed by atoms with Crippen LogP contribution in [0.5, 0.6) is 5.75 Å². The van der Waals surface area contributed by atoms with Gasteiger partial charge < -0.3 is 14.5 Å². The van der Waals surface area contributed by atoms with Crippen LogP contribution in [-0.2, 0) is 6.42 Å². The second-order valence-corrected chi connectivity index (χ2v) is 8.08. The summed E-state index contributed by atoms with van der Waals surface area (Å²) < 4.78 is 8.15. The third kappa shape index (κ3) is 3.23. The summed E-state index contributed by atoms with van der Waals surface area (Å²) in [7, 11) is 5.55. The summed E-state index contributed by atoms with van der Waals surface area (Å²) in [5.41, 5.74) is 3.36. The van der Waals surface area contributed by atoms with E-state index in [0.717, 1.165) is 38.5 Å². The molecule has 2 aromatic carbocycles. The van der Waals surface area contributed by atoms with Crippen molar-refractivity contribution in [2.45, 2.75) is 6.42 Å². The molecule has 6 nitrogen and oxygen atoms in total. The van der Waals surface area contributed by atoms with Crippen LogP contribution in [0, 0.1) is 3.57 Å². The van der Waals surface area contributed by atoms with Crippen LogP contribution in [0.4, 0.5) is 11.5 Å². The van der Waals surface area contributed by atoms with Gasteiger partial charge in [-0.2, -0.15) is 0 Å². The molecule has 1 aliphatic rings. The molecular formula is C21H21IN4O2. The molecule has 0 unspecified atom stereocenters. The number of carbonyl (C=O) groups excluding carboxylic acids is 1. The molecule has 0 saturated heterocycles. The average Bonchev–Trinajstić information content (AvgIpc) is 3.10. The minimum absolute atomic E-state index is 0.0288. The molecule has 0 N–H and O–H groups in total. The predicted octanol–water partition coefficient (Wildman–Crippen LogP) is 3.75. The first-order valence-electron chi connectivity index (χ1n) is 9.00. The third-order valence-electron chi connectivity index (χ3n) is 4.87. The van der Waals surface area contributed by atoms with E-state index in [9.17, 15) is 4.79 Å². The van der Waals surface area contributed by atoms with Gasteiger partial charge in [0, 0.05) is 35.5 Å². The van der Waals surface area contributed by atoms with E-state index in [2.05, 4.69) is 22.6 Å². The highest BCUT2D eigenvalue weighted by molar-refractivity contribution is 14.1. The zero-order chi connectivity index (χ0) is 19.8. The normalized spacial score (nSPS) is 13.4. The van der Waals surface area contributed by atoms with Crippen molar-refractivity contribution in [3.8, 4) is 11.4 Å². The largest absolute Gasteiger partial charge is 0.497 e. The quantitative estimate of drug-likeness (QED) is 0.525. The van der Waals surface area contributed by atoms with Gasteiger partial charge in [-0.3, -0.25) is 4.79 Å². The van der Waals surface area contributed by atoms with Crippen LogP contribution in [0.25, 0.3) is 5.69 Å². The molecule has 144 valence electrons. The molecule has 3 aromatic rings. The molecule has 0 atom stereocenters. The summed E-state index contributed by atoms with van der Waals surface area (Å²) in [4.78, 5) is 17.3. The Morgan fingerprint density at radius 3 is 2.29 bits per heavy atom. The number of hydrogen-bond donors (Lipinski definition) is 0. The standard InChI is InChI=1S/C21H21IN4O2/c1-24(2)20-18-12-13-25(15-6-4-14(22)5-7-15)21(27)19(18)26(23-20)16-8-10-17(28-3)11-9-16/h4-11H,12-13H2,1-3H3. The van der Waals surface area contributed by atoms with Crippen LogP contribution < -0.4 is 14.5 Å². The second kappa shape index (κ2) is 7.46. The molecular weight excluding hydrogens is 467 g/mol. The number of fused-ring (bicyclic) bond motifs is 1. The van der Waals surface area contributed by atoms with Gasteiger partial charge in [0.05, 0.1) is 12.8 Å². The smallest absolute Gasteiger partial charge is 0.277 e. The number of carbonyl (C=O) groups is 1. The lowest BCUT2D eigenvalue weighted by Gasteiger charge is -2.28. The van der Waals surface area contributed by atoms with Crippen LogP contribution in [-0.4, -0.2) is 43.4 Å². The lowest BCUT2D eigenvalue weighted by Crippen LogP contribution is -2.39. The lowest BCUT2D eigenvalue weighted by atomic mass is 10.0. The van der Waals surface area contributed by atoms with Gasteiger partial charge in [-0.25, -0.2) is 4.68 Å². The number of halogens is 1. The van der Waals surface area contributed by atoms with Crippen molar-refractivity contribution in [1.29, 1.82) is 0 Å². The molecule has 1 aliphatic heterocycles. The number of benzene rings is 2. The molecule has 0 spiro atoms. The van der Waals surface area contributed by atoms with Crippen molar-refractivity contribution >= 4 is 40.0 Å². The molecule has 0 aliphatic carbocycles. The monoisotopic (exact) mass is 488 g/mol. The van der Waals surface area contributed by atoms with Gasteiger partial charge in [0.2, 0.25) is 0 Å². The predicted molar refractivity (Wildman–Crippen MR) is 119 cm³/mol. The lowest BCUT2D eigenvalue weighted by molar-refractivity contribution is 0.0973. The Bertz CT molecular complexity index is 1010. The second-order valence-electron chi connectivity index (χ2n) is 6.84. The highest BCUT2D eigenvalue weighted by Gasteiger charge is 2.33. The van der Waals surface area contributed by atoms with Crippen molar-refractivity contribution < 1.29 is 9.53 Å². The minimum atomic E-state index is -0.0288. The van der Waals surface area contributed by atoms with Crippen molar-refractivity contribution in [2.24, 2.45) is 0 Å². The number of methoxy groups -OCH3 is 1. The Balaban J connectivity index is 1.82. The molecule has 0 bridgehead atoms. The highest BCUT2D eigenvalue weighted by atomic mass is 127. The molecule has 28 heavy (non-hydrogen) atoms. The van der Waals surface area contributed by atoms with E-state index in [0.29, 0.717) is 12.2 Å². The fraction of sp³-hybridized carbons (Fsp3) is 0.238. The number of hydrogen-bond acceptors (Lipinski definition) is 4. The van der Waals surface area contributed by atoms with Crippen LogP contribution in [0.3, 0.4) is 0 Å². The minimum Gasteiger partial charge on any atom is -0.497 e. The first kappa shape index (κ1) is 18.8. The Morgan fingerprint density at radius 1 is 1.04 bits per heavy atom. The van der Waals surface area contributed by atoms with Crippen molar-refractivity contribution in [2.75, 3.05) is 37.5 Å². The van der Waals surface area contributed by atoms with Crippen molar-refractivity contribution in [1.82, 2.24) is 9.78 Å². The summed E-state index contributed by atoms with van der Waals surface area (Å²) in [5, 5.41) is 4.76. The Morgan fingerprint density at radius 2 is 1.68 bits per heavy atom. The molecule has 2 heterocycles. The van der Waals surface area contributed by atoms with E-state index in [4.69, 9.17) is 9.84 Å². The first-order chi connectivity index (χ1) is 13.5. The first-order valence-corrected chi connectivity index (χ1v) is 10.1. The van der Waals surface area contributed by atoms with E-state index in [-0.39, 0.29) is 5.91 Å². The maximum atomic E-state index is 13.5. The van der Waals surface area contributed by atoms with E-state index in [1.54, 1.807) is 11.8 Å². The van der Waals surface area contributed by atoms with Crippen molar-refractivity contribution in [3.63, 3.8) is 0 Å². The van der Waals surface area contributed by atoms with Crippen LogP contribution in [0.2, 0.25) is 0 Å². The van der Waals surface area contributed by atoms with Gasteiger partial charge in [-0.05, 0) is 77.5 Å². The zero-order valence-electron chi connectivity index (χ0n) is 16.0. The van der Waals surface area contributed by atoms with E-state index in [1.807, 2.05) is 72.4 Å². The van der Waals surface area contributed by atoms with Gasteiger partial charge in [0.25, 0.3) is 5.91 Å². The van der Waals surface area contributed by atoms with Gasteiger partial charge in [0.1, 0.15) is 11.4 Å².